The number of carbonyl (C=O) groups is 2. The Labute approximate surface area is 121 Å². The van der Waals surface area contributed by atoms with Gasteiger partial charge in [0.15, 0.2) is 6.10 Å². The third kappa shape index (κ3) is 1.59. The van der Waals surface area contributed by atoms with Crippen LogP contribution in [0.5, 0.6) is 0 Å². The Hall–Kier alpha value is -1.70. The number of hydrogen-bond donors (Lipinski definition) is 1. The lowest BCUT2D eigenvalue weighted by Gasteiger charge is -2.41. The van der Waals surface area contributed by atoms with Gasteiger partial charge in [0.1, 0.15) is 6.10 Å². The molecule has 0 aromatic carbocycles. The number of nitro groups is 1. The summed E-state index contributed by atoms with van der Waals surface area (Å²) in [4.78, 5) is 35.2. The van der Waals surface area contributed by atoms with E-state index in [9.17, 15) is 24.8 Å². The van der Waals surface area contributed by atoms with E-state index in [4.69, 9.17) is 4.74 Å². The van der Waals surface area contributed by atoms with E-state index < -0.39 is 35.1 Å². The van der Waals surface area contributed by atoms with Crippen LogP contribution in [0.25, 0.3) is 0 Å². The van der Waals surface area contributed by atoms with Crippen molar-refractivity contribution in [3.8, 4) is 0 Å². The minimum Gasteiger partial charge on any atom is -0.443 e. The average molecular weight is 298 g/mol. The molecule has 2 aliphatic carbocycles. The fraction of sp³-hybridized carbons (Fsp3) is 0.846. The number of ether oxygens (including phenoxy) is 1. The third-order valence-corrected chi connectivity index (χ3v) is 5.69. The van der Waals surface area contributed by atoms with E-state index in [1.54, 1.807) is 0 Å². The number of amides is 2. The summed E-state index contributed by atoms with van der Waals surface area (Å²) in [5, 5.41) is 20.2. The van der Waals surface area contributed by atoms with Crippen LogP contribution in [0.2, 0.25) is 0 Å². The summed E-state index contributed by atoms with van der Waals surface area (Å²) in [7, 11) is 0. The van der Waals surface area contributed by atoms with E-state index in [1.807, 2.05) is 13.8 Å². The molecule has 1 spiro atoms. The fourth-order valence-corrected chi connectivity index (χ4v) is 4.55. The molecule has 1 saturated heterocycles. The first-order valence-electron chi connectivity index (χ1n) is 7.06. The first-order chi connectivity index (χ1) is 9.71. The highest BCUT2D eigenvalue weighted by molar-refractivity contribution is 5.97. The SMILES string of the molecule is CC1(C)[C@@H]2CC[C@]13[C@@H](C2)OC(=O)N3C(=O)[C@H](O)C[N+](=O)[O-]. The lowest BCUT2D eigenvalue weighted by Crippen LogP contribution is -2.60. The van der Waals surface area contributed by atoms with Crippen molar-refractivity contribution in [2.24, 2.45) is 11.3 Å². The van der Waals surface area contributed by atoms with E-state index >= 15 is 0 Å². The molecule has 8 heteroatoms. The molecule has 0 aromatic heterocycles. The van der Waals surface area contributed by atoms with Crippen molar-refractivity contribution in [2.45, 2.75) is 50.9 Å². The number of aliphatic hydroxyl groups is 1. The van der Waals surface area contributed by atoms with Gasteiger partial charge in [-0.25, -0.2) is 9.69 Å². The van der Waals surface area contributed by atoms with E-state index in [2.05, 4.69) is 0 Å². The van der Waals surface area contributed by atoms with Crippen LogP contribution in [0.15, 0.2) is 0 Å². The molecule has 1 heterocycles. The molecule has 3 aliphatic rings. The molecular weight excluding hydrogens is 280 g/mol. The van der Waals surface area contributed by atoms with Crippen LogP contribution < -0.4 is 0 Å². The largest absolute Gasteiger partial charge is 0.443 e. The topological polar surface area (TPSA) is 110 Å². The second kappa shape index (κ2) is 4.16. The lowest BCUT2D eigenvalue weighted by molar-refractivity contribution is -0.487. The second-order valence-corrected chi connectivity index (χ2v) is 6.69. The van der Waals surface area contributed by atoms with Crippen LogP contribution in [0.4, 0.5) is 4.79 Å². The Bertz CT molecular complexity index is 533. The summed E-state index contributed by atoms with van der Waals surface area (Å²) in [5.74, 6) is -0.576. The predicted octanol–water partition coefficient (Wildman–Crippen LogP) is 0.550. The highest BCUT2D eigenvalue weighted by Crippen LogP contribution is 2.65. The number of nitrogens with zero attached hydrogens (tertiary/aromatic N) is 2. The highest BCUT2D eigenvalue weighted by atomic mass is 16.6. The van der Waals surface area contributed by atoms with Gasteiger partial charge in [-0.1, -0.05) is 13.8 Å². The normalized spacial score (nSPS) is 37.3. The Balaban J connectivity index is 1.96. The molecule has 0 radical (unpaired) electrons. The van der Waals surface area contributed by atoms with Crippen molar-refractivity contribution in [3.05, 3.63) is 10.1 Å². The fourth-order valence-electron chi connectivity index (χ4n) is 4.55. The molecule has 2 amide bonds. The van der Waals surface area contributed by atoms with Crippen molar-refractivity contribution in [1.29, 1.82) is 0 Å². The van der Waals surface area contributed by atoms with Gasteiger partial charge in [0.25, 0.3) is 5.91 Å². The summed E-state index contributed by atoms with van der Waals surface area (Å²) < 4.78 is 5.32. The van der Waals surface area contributed by atoms with E-state index in [0.29, 0.717) is 18.8 Å². The molecule has 3 rings (SSSR count). The molecule has 1 aliphatic heterocycles. The number of aliphatic hydroxyl groups excluding tert-OH is 1. The minimum atomic E-state index is -1.82. The van der Waals surface area contributed by atoms with Crippen molar-refractivity contribution < 1.29 is 24.4 Å². The molecule has 3 fully saturated rings. The Kier molecular flexibility index (Phi) is 2.82. The highest BCUT2D eigenvalue weighted by Gasteiger charge is 2.74. The van der Waals surface area contributed by atoms with Crippen LogP contribution >= 0.6 is 0 Å². The smallest absolute Gasteiger partial charge is 0.417 e. The summed E-state index contributed by atoms with van der Waals surface area (Å²) in [5.41, 5.74) is -1.09. The van der Waals surface area contributed by atoms with E-state index in [1.165, 1.54) is 0 Å². The maximum Gasteiger partial charge on any atom is 0.417 e. The van der Waals surface area contributed by atoms with Gasteiger partial charge in [0.05, 0.1) is 5.54 Å². The van der Waals surface area contributed by atoms with Gasteiger partial charge in [-0.2, -0.15) is 0 Å². The van der Waals surface area contributed by atoms with E-state index in [0.717, 1.165) is 11.3 Å². The molecule has 8 nitrogen and oxygen atoms in total. The zero-order chi connectivity index (χ0) is 15.6. The maximum absolute atomic E-state index is 12.4. The molecule has 2 saturated carbocycles. The predicted molar refractivity (Wildman–Crippen MR) is 68.8 cm³/mol. The average Bonchev–Trinajstić information content (AvgIpc) is 2.88. The maximum atomic E-state index is 12.4. The summed E-state index contributed by atoms with van der Waals surface area (Å²) in [6, 6.07) is 0. The number of hydrogen-bond acceptors (Lipinski definition) is 6. The summed E-state index contributed by atoms with van der Waals surface area (Å²) >= 11 is 0. The number of imide groups is 1. The number of rotatable bonds is 3. The Morgan fingerprint density at radius 1 is 1.62 bits per heavy atom. The van der Waals surface area contributed by atoms with Crippen LogP contribution in [0.1, 0.15) is 33.1 Å². The summed E-state index contributed by atoms with van der Waals surface area (Å²) in [6.45, 7) is 3.08. The molecule has 21 heavy (non-hydrogen) atoms. The monoisotopic (exact) mass is 298 g/mol. The number of fused-ring (bicyclic) bond motifs is 1. The number of carbonyl (C=O) groups excluding carboxylic acids is 2. The molecule has 1 N–H and O–H groups in total. The lowest BCUT2D eigenvalue weighted by atomic mass is 9.74. The van der Waals surface area contributed by atoms with Gasteiger partial charge in [-0.05, 0) is 30.6 Å². The second-order valence-electron chi connectivity index (χ2n) is 6.69. The molecular formula is C13H18N2O6. The van der Waals surface area contributed by atoms with Gasteiger partial charge in [-0.3, -0.25) is 14.9 Å². The summed E-state index contributed by atoms with van der Waals surface area (Å²) in [6.07, 6.45) is -0.774. The molecule has 0 aromatic rings. The van der Waals surface area contributed by atoms with Crippen molar-refractivity contribution in [2.75, 3.05) is 6.54 Å². The van der Waals surface area contributed by atoms with Gasteiger partial charge < -0.3 is 9.84 Å². The standard InChI is InChI=1S/C13H18N2O6/c1-12(2)7-3-4-13(12)9(5-7)21-11(18)15(13)10(17)8(16)6-14(19)20/h7-9,16H,3-6H2,1-2H3/t7-,8-,9-,13+/m1/s1. The minimum absolute atomic E-state index is 0.312. The zero-order valence-corrected chi connectivity index (χ0v) is 11.9. The third-order valence-electron chi connectivity index (χ3n) is 5.69. The van der Waals surface area contributed by atoms with Crippen LogP contribution in [0.3, 0.4) is 0 Å². The Morgan fingerprint density at radius 3 is 2.86 bits per heavy atom. The first kappa shape index (κ1) is 14.2. The van der Waals surface area contributed by atoms with Gasteiger partial charge >= 0.3 is 6.09 Å². The van der Waals surface area contributed by atoms with Gasteiger partial charge in [-0.15, -0.1) is 0 Å². The quantitative estimate of drug-likeness (QED) is 0.602. The first-order valence-corrected chi connectivity index (χ1v) is 7.06. The van der Waals surface area contributed by atoms with Crippen LogP contribution in [-0.2, 0) is 9.53 Å². The van der Waals surface area contributed by atoms with Crippen molar-refractivity contribution in [3.63, 3.8) is 0 Å². The molecule has 0 unspecified atom stereocenters. The van der Waals surface area contributed by atoms with E-state index in [-0.39, 0.29) is 11.5 Å². The van der Waals surface area contributed by atoms with Crippen LogP contribution in [0, 0.1) is 21.4 Å². The molecule has 4 atom stereocenters. The van der Waals surface area contributed by atoms with Crippen molar-refractivity contribution in [1.82, 2.24) is 4.90 Å². The van der Waals surface area contributed by atoms with Crippen LogP contribution in [-0.4, -0.2) is 51.2 Å². The molecule has 2 bridgehead atoms. The molecule has 116 valence electrons. The Morgan fingerprint density at radius 2 is 2.29 bits per heavy atom. The van der Waals surface area contributed by atoms with Gasteiger partial charge in [0.2, 0.25) is 6.54 Å². The van der Waals surface area contributed by atoms with Gasteiger partial charge in [0, 0.05) is 4.92 Å². The zero-order valence-electron chi connectivity index (χ0n) is 11.9. The van der Waals surface area contributed by atoms with Crippen molar-refractivity contribution >= 4 is 12.0 Å².